The Balaban J connectivity index is 1.77. The highest BCUT2D eigenvalue weighted by Gasteiger charge is 2.13. The highest BCUT2D eigenvalue weighted by atomic mass is 32.1. The van der Waals surface area contributed by atoms with Crippen LogP contribution in [0.15, 0.2) is 48.5 Å². The van der Waals surface area contributed by atoms with Crippen LogP contribution < -0.4 is 10.2 Å². The molecule has 0 saturated heterocycles. The van der Waals surface area contributed by atoms with E-state index in [-0.39, 0.29) is 5.91 Å². The lowest BCUT2D eigenvalue weighted by molar-refractivity contribution is 0.102. The van der Waals surface area contributed by atoms with Crippen LogP contribution in [0.1, 0.15) is 26.5 Å². The molecule has 1 amide bonds. The van der Waals surface area contributed by atoms with Crippen molar-refractivity contribution in [3.05, 3.63) is 70.2 Å². The maximum Gasteiger partial charge on any atom is 0.257 e. The van der Waals surface area contributed by atoms with Crippen LogP contribution in [-0.4, -0.2) is 30.2 Å². The molecule has 0 aliphatic heterocycles. The third-order valence-electron chi connectivity index (χ3n) is 4.00. The summed E-state index contributed by atoms with van der Waals surface area (Å²) in [6.45, 7) is 1.93. The number of hydrogen-bond donors (Lipinski definition) is 1. The number of anilines is 2. The number of nitriles is 1. The molecule has 0 atom stereocenters. The van der Waals surface area contributed by atoms with Crippen molar-refractivity contribution in [1.82, 2.24) is 10.2 Å². The van der Waals surface area contributed by atoms with Crippen LogP contribution >= 0.6 is 11.3 Å². The van der Waals surface area contributed by atoms with Gasteiger partial charge >= 0.3 is 0 Å². The summed E-state index contributed by atoms with van der Waals surface area (Å²) in [7, 11) is 3.94. The highest BCUT2D eigenvalue weighted by Crippen LogP contribution is 2.25. The minimum atomic E-state index is -0.256. The molecule has 7 heteroatoms. The van der Waals surface area contributed by atoms with Gasteiger partial charge in [-0.25, -0.2) is 0 Å². The molecule has 1 N–H and O–H groups in total. The highest BCUT2D eigenvalue weighted by molar-refractivity contribution is 7.16. The third kappa shape index (κ3) is 4.61. The van der Waals surface area contributed by atoms with Gasteiger partial charge in [-0.15, -0.1) is 10.2 Å². The zero-order valence-electron chi connectivity index (χ0n) is 15.8. The minimum absolute atomic E-state index is 0.256. The van der Waals surface area contributed by atoms with Crippen molar-refractivity contribution in [2.45, 2.75) is 6.92 Å². The van der Waals surface area contributed by atoms with Crippen LogP contribution in [0.2, 0.25) is 0 Å². The molecule has 2 aromatic carbocycles. The Labute approximate surface area is 167 Å². The van der Waals surface area contributed by atoms with Crippen molar-refractivity contribution in [3.63, 3.8) is 0 Å². The van der Waals surface area contributed by atoms with E-state index in [1.165, 1.54) is 11.3 Å². The minimum Gasteiger partial charge on any atom is -0.378 e. The maximum atomic E-state index is 12.3. The van der Waals surface area contributed by atoms with Crippen LogP contribution in [0.25, 0.3) is 11.6 Å². The topological polar surface area (TPSA) is 81.9 Å². The number of amides is 1. The van der Waals surface area contributed by atoms with Crippen molar-refractivity contribution in [1.29, 1.82) is 5.26 Å². The number of benzene rings is 2. The van der Waals surface area contributed by atoms with Crippen molar-refractivity contribution < 1.29 is 4.79 Å². The average Bonchev–Trinajstić information content (AvgIpc) is 3.14. The summed E-state index contributed by atoms with van der Waals surface area (Å²) in [6.07, 6.45) is 1.76. The fourth-order valence-electron chi connectivity index (χ4n) is 2.52. The number of carbonyl (C=O) groups excluding carboxylic acids is 1. The number of nitrogens with zero attached hydrogens (tertiary/aromatic N) is 4. The first kappa shape index (κ1) is 19.3. The zero-order chi connectivity index (χ0) is 20.1. The molecule has 0 unspecified atom stereocenters. The van der Waals surface area contributed by atoms with Gasteiger partial charge in [0, 0.05) is 25.3 Å². The van der Waals surface area contributed by atoms with Gasteiger partial charge in [0.25, 0.3) is 5.91 Å². The van der Waals surface area contributed by atoms with Gasteiger partial charge in [-0.2, -0.15) is 5.26 Å². The van der Waals surface area contributed by atoms with Crippen LogP contribution in [-0.2, 0) is 0 Å². The number of hydrogen-bond acceptors (Lipinski definition) is 6. The number of aromatic nitrogens is 2. The lowest BCUT2D eigenvalue weighted by Crippen LogP contribution is -2.11. The second-order valence-electron chi connectivity index (χ2n) is 6.39. The fraction of sp³-hybridized carbons (Fsp3) is 0.143. The second-order valence-corrected chi connectivity index (χ2v) is 7.37. The fourth-order valence-corrected chi connectivity index (χ4v) is 3.22. The predicted octanol–water partition coefficient (Wildman–Crippen LogP) is 4.23. The van der Waals surface area contributed by atoms with Crippen molar-refractivity contribution >= 4 is 39.7 Å². The Kier molecular flexibility index (Phi) is 5.82. The second kappa shape index (κ2) is 8.46. The van der Waals surface area contributed by atoms with E-state index in [2.05, 4.69) is 21.6 Å². The monoisotopic (exact) mass is 389 g/mol. The zero-order valence-corrected chi connectivity index (χ0v) is 16.6. The Morgan fingerprint density at radius 3 is 2.57 bits per heavy atom. The Bertz CT molecular complexity index is 1060. The Morgan fingerprint density at radius 1 is 1.18 bits per heavy atom. The largest absolute Gasteiger partial charge is 0.378 e. The van der Waals surface area contributed by atoms with Gasteiger partial charge in [-0.05, 0) is 42.8 Å². The molecule has 3 aromatic rings. The molecule has 1 aromatic heterocycles. The van der Waals surface area contributed by atoms with Crippen molar-refractivity contribution in [3.8, 4) is 6.07 Å². The molecule has 3 rings (SSSR count). The van der Waals surface area contributed by atoms with Gasteiger partial charge in [-0.3, -0.25) is 10.1 Å². The number of nitrogens with one attached hydrogen (secondary N) is 1. The van der Waals surface area contributed by atoms with Gasteiger partial charge in [0.1, 0.15) is 6.07 Å². The Morgan fingerprint density at radius 2 is 1.93 bits per heavy atom. The normalized spacial score (nSPS) is 11.0. The van der Waals surface area contributed by atoms with Gasteiger partial charge < -0.3 is 4.90 Å². The molecule has 0 saturated carbocycles. The molecular formula is C21H19N5OS. The van der Waals surface area contributed by atoms with E-state index in [0.29, 0.717) is 21.3 Å². The number of aryl methyl sites for hydroxylation is 1. The molecule has 0 spiro atoms. The van der Waals surface area contributed by atoms with Gasteiger partial charge in [0.2, 0.25) is 5.13 Å². The summed E-state index contributed by atoms with van der Waals surface area (Å²) >= 11 is 1.17. The van der Waals surface area contributed by atoms with Gasteiger partial charge in [0.15, 0.2) is 5.01 Å². The van der Waals surface area contributed by atoms with E-state index in [0.717, 1.165) is 16.8 Å². The summed E-state index contributed by atoms with van der Waals surface area (Å²) in [6, 6.07) is 17.3. The third-order valence-corrected chi connectivity index (χ3v) is 4.87. The first-order valence-corrected chi connectivity index (χ1v) is 9.39. The Hall–Kier alpha value is -3.50. The van der Waals surface area contributed by atoms with E-state index < -0.39 is 0 Å². The summed E-state index contributed by atoms with van der Waals surface area (Å²) in [5.41, 5.74) is 3.91. The van der Waals surface area contributed by atoms with E-state index in [1.54, 1.807) is 18.2 Å². The summed E-state index contributed by atoms with van der Waals surface area (Å²) in [4.78, 5) is 14.3. The van der Waals surface area contributed by atoms with E-state index in [9.17, 15) is 10.1 Å². The molecule has 140 valence electrons. The van der Waals surface area contributed by atoms with E-state index in [1.807, 2.05) is 62.3 Å². The molecule has 0 fully saturated rings. The summed E-state index contributed by atoms with van der Waals surface area (Å²) in [5.74, 6) is -0.256. The van der Waals surface area contributed by atoms with Crippen LogP contribution in [0.5, 0.6) is 0 Å². The van der Waals surface area contributed by atoms with E-state index in [4.69, 9.17) is 0 Å². The van der Waals surface area contributed by atoms with E-state index >= 15 is 0 Å². The quantitative estimate of drug-likeness (QED) is 0.661. The molecule has 28 heavy (non-hydrogen) atoms. The van der Waals surface area contributed by atoms with Gasteiger partial charge in [-0.1, -0.05) is 41.2 Å². The molecule has 0 aliphatic carbocycles. The first-order valence-electron chi connectivity index (χ1n) is 8.57. The number of carbonyl (C=O) groups is 1. The predicted molar refractivity (Wildman–Crippen MR) is 113 cm³/mol. The van der Waals surface area contributed by atoms with Crippen molar-refractivity contribution in [2.75, 3.05) is 24.3 Å². The lowest BCUT2D eigenvalue weighted by Gasteiger charge is -2.11. The smallest absolute Gasteiger partial charge is 0.257 e. The number of allylic oxidation sites excluding steroid dienone is 1. The molecule has 0 bridgehead atoms. The SMILES string of the molecule is Cc1cccc(C(=O)Nc2nnc(C(C#N)=Cc3ccc(N(C)C)cc3)s2)c1. The standard InChI is InChI=1S/C21H19N5OS/c1-14-5-4-6-16(11-14)19(27)23-21-25-24-20(28-21)17(13-22)12-15-7-9-18(10-8-15)26(2)3/h4-12H,1-3H3,(H,23,25,27). The first-order chi connectivity index (χ1) is 13.5. The summed E-state index contributed by atoms with van der Waals surface area (Å²) < 4.78 is 0. The molecule has 1 heterocycles. The van der Waals surface area contributed by atoms with Gasteiger partial charge in [0.05, 0.1) is 5.57 Å². The molecule has 0 aliphatic rings. The van der Waals surface area contributed by atoms with Crippen LogP contribution in [0.3, 0.4) is 0 Å². The average molecular weight is 389 g/mol. The summed E-state index contributed by atoms with van der Waals surface area (Å²) in [5, 5.41) is 21.1. The van der Waals surface area contributed by atoms with Crippen molar-refractivity contribution in [2.24, 2.45) is 0 Å². The molecule has 6 nitrogen and oxygen atoms in total. The maximum absolute atomic E-state index is 12.3. The van der Waals surface area contributed by atoms with Crippen LogP contribution in [0, 0.1) is 18.3 Å². The van der Waals surface area contributed by atoms with Crippen LogP contribution in [0.4, 0.5) is 10.8 Å². The lowest BCUT2D eigenvalue weighted by atomic mass is 10.1. The molecular weight excluding hydrogens is 370 g/mol. The molecule has 0 radical (unpaired) electrons. The number of rotatable bonds is 5.